The topological polar surface area (TPSA) is 12.5 Å². The number of fused-ring (bicyclic) bond motifs is 1. The number of anilines is 1. The fourth-order valence-corrected chi connectivity index (χ4v) is 1.47. The molecule has 2 nitrogen and oxygen atoms in total. The summed E-state index contributed by atoms with van der Waals surface area (Å²) >= 11 is 0. The van der Waals surface area contributed by atoms with E-state index in [2.05, 4.69) is 24.8 Å². The van der Waals surface area contributed by atoms with Crippen molar-refractivity contribution in [2.45, 2.75) is 19.9 Å². The lowest BCUT2D eigenvalue weighted by molar-refractivity contribution is 0.465. The Labute approximate surface area is 78.4 Å². The highest BCUT2D eigenvalue weighted by atomic mass is 16.5. The maximum Gasteiger partial charge on any atom is 0.150 e. The van der Waals surface area contributed by atoms with E-state index in [0.29, 0.717) is 6.04 Å². The van der Waals surface area contributed by atoms with Crippen LogP contribution in [0.2, 0.25) is 0 Å². The normalized spacial score (nSPS) is 14.2. The minimum Gasteiger partial charge on any atom is -0.461 e. The molecular formula is C11H13NO. The predicted molar refractivity (Wildman–Crippen MR) is 53.8 cm³/mol. The standard InChI is InChI=1S/C11H13NO/c1-9(2)12-7-8-13-11-6-4-3-5-10(11)12/h3-9H,1-2H3. The molecule has 1 aliphatic rings. The van der Waals surface area contributed by atoms with Gasteiger partial charge in [-0.25, -0.2) is 0 Å². The zero-order valence-electron chi connectivity index (χ0n) is 7.90. The van der Waals surface area contributed by atoms with Gasteiger partial charge >= 0.3 is 0 Å². The summed E-state index contributed by atoms with van der Waals surface area (Å²) in [4.78, 5) is 2.19. The zero-order valence-corrected chi connectivity index (χ0v) is 7.90. The molecule has 0 bridgehead atoms. The van der Waals surface area contributed by atoms with Crippen molar-refractivity contribution in [3.05, 3.63) is 36.7 Å². The number of hydrogen-bond donors (Lipinski definition) is 0. The Morgan fingerprint density at radius 1 is 1.23 bits per heavy atom. The molecule has 1 heterocycles. The second kappa shape index (κ2) is 3.13. The molecule has 0 unspecified atom stereocenters. The Hall–Kier alpha value is -1.44. The molecule has 1 aliphatic heterocycles. The number of hydrogen-bond acceptors (Lipinski definition) is 2. The predicted octanol–water partition coefficient (Wildman–Crippen LogP) is 2.77. The summed E-state index contributed by atoms with van der Waals surface area (Å²) in [6, 6.07) is 8.52. The molecule has 2 heteroatoms. The highest BCUT2D eigenvalue weighted by Gasteiger charge is 2.15. The molecule has 0 fully saturated rings. The van der Waals surface area contributed by atoms with Crippen molar-refractivity contribution in [2.24, 2.45) is 0 Å². The lowest BCUT2D eigenvalue weighted by Gasteiger charge is -2.29. The van der Waals surface area contributed by atoms with E-state index in [1.54, 1.807) is 6.26 Å². The van der Waals surface area contributed by atoms with Crippen LogP contribution in [0.4, 0.5) is 5.69 Å². The van der Waals surface area contributed by atoms with Crippen molar-refractivity contribution >= 4 is 5.69 Å². The van der Waals surface area contributed by atoms with E-state index >= 15 is 0 Å². The second-order valence-electron chi connectivity index (χ2n) is 3.37. The van der Waals surface area contributed by atoms with Gasteiger partial charge in [0, 0.05) is 12.2 Å². The van der Waals surface area contributed by atoms with E-state index in [9.17, 15) is 0 Å². The number of benzene rings is 1. The van der Waals surface area contributed by atoms with Crippen LogP contribution in [0.25, 0.3) is 0 Å². The van der Waals surface area contributed by atoms with Crippen molar-refractivity contribution in [3.8, 4) is 5.75 Å². The van der Waals surface area contributed by atoms with Crippen molar-refractivity contribution in [1.29, 1.82) is 0 Å². The van der Waals surface area contributed by atoms with Gasteiger partial charge in [0.15, 0.2) is 0 Å². The third kappa shape index (κ3) is 1.39. The molecule has 0 atom stereocenters. The number of ether oxygens (including phenoxy) is 1. The third-order valence-electron chi connectivity index (χ3n) is 2.12. The van der Waals surface area contributed by atoms with Crippen LogP contribution in [0.5, 0.6) is 5.75 Å². The van der Waals surface area contributed by atoms with Gasteiger partial charge in [0.05, 0.1) is 5.69 Å². The van der Waals surface area contributed by atoms with Gasteiger partial charge in [-0.1, -0.05) is 12.1 Å². The summed E-state index contributed by atoms with van der Waals surface area (Å²) in [6.07, 6.45) is 3.69. The molecule has 0 N–H and O–H groups in total. The largest absolute Gasteiger partial charge is 0.461 e. The van der Waals surface area contributed by atoms with Crippen molar-refractivity contribution in [1.82, 2.24) is 0 Å². The average Bonchev–Trinajstić information content (AvgIpc) is 2.17. The molecule has 0 saturated carbocycles. The van der Waals surface area contributed by atoms with E-state index in [1.807, 2.05) is 24.4 Å². The van der Waals surface area contributed by atoms with Gasteiger partial charge in [-0.15, -0.1) is 0 Å². The van der Waals surface area contributed by atoms with Crippen LogP contribution in [0.3, 0.4) is 0 Å². The molecule has 0 radical (unpaired) electrons. The first-order valence-electron chi connectivity index (χ1n) is 4.50. The molecule has 68 valence electrons. The first-order chi connectivity index (χ1) is 6.29. The zero-order chi connectivity index (χ0) is 9.26. The molecule has 0 amide bonds. The first-order valence-corrected chi connectivity index (χ1v) is 4.50. The van der Waals surface area contributed by atoms with E-state index in [1.165, 1.54) is 0 Å². The Balaban J connectivity index is 2.42. The van der Waals surface area contributed by atoms with Crippen LogP contribution in [-0.4, -0.2) is 6.04 Å². The maximum absolute atomic E-state index is 5.38. The van der Waals surface area contributed by atoms with Crippen molar-refractivity contribution < 1.29 is 4.74 Å². The molecule has 1 aromatic carbocycles. The van der Waals surface area contributed by atoms with Crippen LogP contribution >= 0.6 is 0 Å². The van der Waals surface area contributed by atoms with Crippen LogP contribution in [0.15, 0.2) is 36.7 Å². The van der Waals surface area contributed by atoms with Gasteiger partial charge in [0.2, 0.25) is 0 Å². The Bertz CT molecular complexity index is 331. The summed E-state index contributed by atoms with van der Waals surface area (Å²) in [5.41, 5.74) is 1.14. The fourth-order valence-electron chi connectivity index (χ4n) is 1.47. The smallest absolute Gasteiger partial charge is 0.150 e. The van der Waals surface area contributed by atoms with E-state index in [0.717, 1.165) is 11.4 Å². The molecule has 13 heavy (non-hydrogen) atoms. The first kappa shape index (κ1) is 8.17. The van der Waals surface area contributed by atoms with Gasteiger partial charge < -0.3 is 9.64 Å². The Kier molecular flexibility index (Phi) is 1.97. The molecule has 0 spiro atoms. The Morgan fingerprint density at radius 2 is 2.00 bits per heavy atom. The van der Waals surface area contributed by atoms with Gasteiger partial charge in [0.25, 0.3) is 0 Å². The molecule has 0 aliphatic carbocycles. The lowest BCUT2D eigenvalue weighted by Crippen LogP contribution is -2.26. The van der Waals surface area contributed by atoms with E-state index in [-0.39, 0.29) is 0 Å². The fraction of sp³-hybridized carbons (Fsp3) is 0.273. The number of nitrogens with zero attached hydrogens (tertiary/aromatic N) is 1. The molecule has 0 aromatic heterocycles. The molecule has 1 aromatic rings. The minimum atomic E-state index is 0.460. The summed E-state index contributed by atoms with van der Waals surface area (Å²) in [6.45, 7) is 4.32. The van der Waals surface area contributed by atoms with Gasteiger partial charge in [-0.3, -0.25) is 0 Å². The summed E-state index contributed by atoms with van der Waals surface area (Å²) in [5.74, 6) is 0.929. The summed E-state index contributed by atoms with van der Waals surface area (Å²) in [5, 5.41) is 0. The molecule has 2 rings (SSSR count). The van der Waals surface area contributed by atoms with Gasteiger partial charge in [-0.05, 0) is 26.0 Å². The summed E-state index contributed by atoms with van der Waals surface area (Å²) < 4.78 is 5.38. The molecular weight excluding hydrogens is 162 g/mol. The van der Waals surface area contributed by atoms with Crippen molar-refractivity contribution in [2.75, 3.05) is 4.90 Å². The van der Waals surface area contributed by atoms with Gasteiger partial charge in [0.1, 0.15) is 12.0 Å². The number of para-hydroxylation sites is 2. The monoisotopic (exact) mass is 175 g/mol. The molecule has 0 saturated heterocycles. The van der Waals surface area contributed by atoms with E-state index < -0.39 is 0 Å². The lowest BCUT2D eigenvalue weighted by atomic mass is 10.2. The third-order valence-corrected chi connectivity index (χ3v) is 2.12. The van der Waals surface area contributed by atoms with Gasteiger partial charge in [-0.2, -0.15) is 0 Å². The highest BCUT2D eigenvalue weighted by Crippen LogP contribution is 2.32. The van der Waals surface area contributed by atoms with E-state index in [4.69, 9.17) is 4.74 Å². The van der Waals surface area contributed by atoms with Crippen LogP contribution in [0, 0.1) is 0 Å². The van der Waals surface area contributed by atoms with Crippen molar-refractivity contribution in [3.63, 3.8) is 0 Å². The maximum atomic E-state index is 5.38. The minimum absolute atomic E-state index is 0.460. The highest BCUT2D eigenvalue weighted by molar-refractivity contribution is 5.62. The second-order valence-corrected chi connectivity index (χ2v) is 3.37. The average molecular weight is 175 g/mol. The van der Waals surface area contributed by atoms with Crippen LogP contribution in [0.1, 0.15) is 13.8 Å². The quantitative estimate of drug-likeness (QED) is 0.650. The SMILES string of the molecule is CC(C)N1C=COc2ccccc21. The van der Waals surface area contributed by atoms with Crippen LogP contribution < -0.4 is 9.64 Å². The Morgan fingerprint density at radius 3 is 2.77 bits per heavy atom. The van der Waals surface area contributed by atoms with Crippen LogP contribution in [-0.2, 0) is 0 Å². The summed E-state index contributed by atoms with van der Waals surface area (Å²) in [7, 11) is 0. The number of rotatable bonds is 1.